The van der Waals surface area contributed by atoms with E-state index in [2.05, 4.69) is 10.1 Å². The molecule has 0 aliphatic heterocycles. The summed E-state index contributed by atoms with van der Waals surface area (Å²) in [4.78, 5) is 10.8. The number of aliphatic hydroxyl groups excluding tert-OH is 1. The van der Waals surface area contributed by atoms with E-state index in [1.54, 1.807) is 0 Å². The summed E-state index contributed by atoms with van der Waals surface area (Å²) >= 11 is 5.70. The van der Waals surface area contributed by atoms with E-state index in [-0.39, 0.29) is 18.7 Å². The Morgan fingerprint density at radius 1 is 1.65 bits per heavy atom. The van der Waals surface area contributed by atoms with Crippen LogP contribution in [0.2, 0.25) is 5.02 Å². The van der Waals surface area contributed by atoms with Crippen LogP contribution in [-0.4, -0.2) is 30.8 Å². The van der Waals surface area contributed by atoms with Crippen molar-refractivity contribution in [2.45, 2.75) is 12.5 Å². The highest BCUT2D eigenvalue weighted by atomic mass is 35.5. The van der Waals surface area contributed by atoms with Gasteiger partial charge in [-0.2, -0.15) is 0 Å². The molecule has 94 valence electrons. The molecule has 0 fully saturated rings. The smallest absolute Gasteiger partial charge is 0.308 e. The lowest BCUT2D eigenvalue weighted by Crippen LogP contribution is -2.23. The number of esters is 1. The van der Waals surface area contributed by atoms with E-state index < -0.39 is 17.9 Å². The van der Waals surface area contributed by atoms with Crippen LogP contribution in [-0.2, 0) is 9.53 Å². The van der Waals surface area contributed by atoms with Crippen LogP contribution in [0.15, 0.2) is 18.2 Å². The number of ether oxygens (including phenoxy) is 1. The van der Waals surface area contributed by atoms with Crippen molar-refractivity contribution in [3.05, 3.63) is 29.0 Å². The van der Waals surface area contributed by atoms with Crippen molar-refractivity contribution in [3.63, 3.8) is 0 Å². The van der Waals surface area contributed by atoms with Gasteiger partial charge in [0.25, 0.3) is 0 Å². The lowest BCUT2D eigenvalue weighted by molar-refractivity contribution is -0.142. The number of carbonyl (C=O) groups excluding carboxylic acids is 1. The molecule has 0 aliphatic carbocycles. The van der Waals surface area contributed by atoms with Crippen LogP contribution in [0.3, 0.4) is 0 Å². The molecule has 0 heterocycles. The van der Waals surface area contributed by atoms with Crippen LogP contribution in [0.4, 0.5) is 10.1 Å². The van der Waals surface area contributed by atoms with E-state index in [0.29, 0.717) is 5.02 Å². The lowest BCUT2D eigenvalue weighted by atomic mass is 10.2. The Hall–Kier alpha value is -1.33. The predicted molar refractivity (Wildman–Crippen MR) is 62.5 cm³/mol. The van der Waals surface area contributed by atoms with E-state index in [9.17, 15) is 14.3 Å². The topological polar surface area (TPSA) is 58.6 Å². The molecule has 0 aromatic heterocycles. The second-order valence-electron chi connectivity index (χ2n) is 3.44. The molecule has 1 atom stereocenters. The van der Waals surface area contributed by atoms with Gasteiger partial charge in [-0.3, -0.25) is 4.79 Å². The summed E-state index contributed by atoms with van der Waals surface area (Å²) in [5.74, 6) is -0.995. The SMILES string of the molecule is COC(=O)CC(O)CNc1cc(Cl)ccc1F. The zero-order valence-electron chi connectivity index (χ0n) is 9.24. The molecule has 0 amide bonds. The average molecular weight is 262 g/mol. The molecule has 0 spiro atoms. The monoisotopic (exact) mass is 261 g/mol. The number of rotatable bonds is 5. The van der Waals surface area contributed by atoms with Gasteiger partial charge in [0.05, 0.1) is 25.3 Å². The zero-order valence-corrected chi connectivity index (χ0v) is 10.00. The number of hydrogen-bond acceptors (Lipinski definition) is 4. The highest BCUT2D eigenvalue weighted by molar-refractivity contribution is 6.30. The highest BCUT2D eigenvalue weighted by Gasteiger charge is 2.11. The molecule has 2 N–H and O–H groups in total. The average Bonchev–Trinajstić information content (AvgIpc) is 2.30. The van der Waals surface area contributed by atoms with Crippen LogP contribution >= 0.6 is 11.6 Å². The first-order valence-electron chi connectivity index (χ1n) is 4.96. The van der Waals surface area contributed by atoms with Gasteiger partial charge in [0.15, 0.2) is 0 Å². The minimum Gasteiger partial charge on any atom is -0.469 e. The maximum Gasteiger partial charge on any atom is 0.308 e. The molecule has 1 aromatic carbocycles. The molecule has 0 saturated heterocycles. The van der Waals surface area contributed by atoms with E-state index in [4.69, 9.17) is 11.6 Å². The largest absolute Gasteiger partial charge is 0.469 e. The second-order valence-corrected chi connectivity index (χ2v) is 3.88. The maximum atomic E-state index is 13.3. The first kappa shape index (κ1) is 13.7. The number of benzene rings is 1. The Morgan fingerprint density at radius 3 is 3.00 bits per heavy atom. The summed E-state index contributed by atoms with van der Waals surface area (Å²) in [6.07, 6.45) is -1.09. The van der Waals surface area contributed by atoms with Gasteiger partial charge in [-0.05, 0) is 18.2 Å². The Kier molecular flexibility index (Phi) is 5.18. The zero-order chi connectivity index (χ0) is 12.8. The Balaban J connectivity index is 2.49. The molecule has 0 saturated carbocycles. The van der Waals surface area contributed by atoms with Crippen molar-refractivity contribution < 1.29 is 19.0 Å². The fourth-order valence-corrected chi connectivity index (χ4v) is 1.38. The summed E-state index contributed by atoms with van der Waals surface area (Å²) in [6, 6.07) is 4.05. The number of hydrogen-bond donors (Lipinski definition) is 2. The molecule has 1 rings (SSSR count). The van der Waals surface area contributed by atoms with E-state index in [1.165, 1.54) is 25.3 Å². The van der Waals surface area contributed by atoms with E-state index in [1.807, 2.05) is 0 Å². The standard InChI is InChI=1S/C11H13ClFNO3/c1-17-11(16)5-8(15)6-14-10-4-7(12)2-3-9(10)13/h2-4,8,14-15H,5-6H2,1H3. The van der Waals surface area contributed by atoms with Crippen molar-refractivity contribution in [2.75, 3.05) is 19.0 Å². The van der Waals surface area contributed by atoms with Gasteiger partial charge in [-0.15, -0.1) is 0 Å². The summed E-state index contributed by atoms with van der Waals surface area (Å²) in [5, 5.41) is 12.5. The van der Waals surface area contributed by atoms with E-state index in [0.717, 1.165) is 0 Å². The lowest BCUT2D eigenvalue weighted by Gasteiger charge is -2.12. The first-order chi connectivity index (χ1) is 8.02. The third-order valence-corrected chi connectivity index (χ3v) is 2.32. The van der Waals surface area contributed by atoms with Gasteiger partial charge in [0.2, 0.25) is 0 Å². The fraction of sp³-hybridized carbons (Fsp3) is 0.364. The van der Waals surface area contributed by atoms with Crippen molar-refractivity contribution in [1.29, 1.82) is 0 Å². The van der Waals surface area contributed by atoms with E-state index >= 15 is 0 Å². The number of halogens is 2. The first-order valence-corrected chi connectivity index (χ1v) is 5.34. The van der Waals surface area contributed by atoms with Gasteiger partial charge < -0.3 is 15.2 Å². The van der Waals surface area contributed by atoms with Crippen molar-refractivity contribution in [2.24, 2.45) is 0 Å². The molecule has 1 unspecified atom stereocenters. The number of nitrogens with one attached hydrogen (secondary N) is 1. The van der Waals surface area contributed by atoms with Crippen LogP contribution in [0.25, 0.3) is 0 Å². The molecular weight excluding hydrogens is 249 g/mol. The molecule has 0 aliphatic rings. The Bertz CT molecular complexity index is 400. The van der Waals surface area contributed by atoms with Crippen LogP contribution < -0.4 is 5.32 Å². The fourth-order valence-electron chi connectivity index (χ4n) is 1.21. The minimum atomic E-state index is -0.944. The predicted octanol–water partition coefficient (Wildman–Crippen LogP) is 1.81. The highest BCUT2D eigenvalue weighted by Crippen LogP contribution is 2.19. The third-order valence-electron chi connectivity index (χ3n) is 2.09. The normalized spacial score (nSPS) is 12.0. The molecule has 4 nitrogen and oxygen atoms in total. The third kappa shape index (κ3) is 4.58. The minimum absolute atomic E-state index is 0.0341. The van der Waals surface area contributed by atoms with Crippen molar-refractivity contribution >= 4 is 23.3 Å². The number of methoxy groups -OCH3 is 1. The molecule has 0 bridgehead atoms. The number of carbonyl (C=O) groups is 1. The molecular formula is C11H13ClFNO3. The number of aliphatic hydroxyl groups is 1. The maximum absolute atomic E-state index is 13.3. The molecule has 6 heteroatoms. The Morgan fingerprint density at radius 2 is 2.35 bits per heavy atom. The van der Waals surface area contributed by atoms with Crippen molar-refractivity contribution in [1.82, 2.24) is 0 Å². The Labute approximate surface area is 103 Å². The second kappa shape index (κ2) is 6.42. The molecule has 17 heavy (non-hydrogen) atoms. The summed E-state index contributed by atoms with van der Waals surface area (Å²) in [5.41, 5.74) is 0.182. The van der Waals surface area contributed by atoms with Gasteiger partial charge in [0, 0.05) is 11.6 Å². The summed E-state index contributed by atoms with van der Waals surface area (Å²) < 4.78 is 17.6. The molecule has 0 radical (unpaired) electrons. The van der Waals surface area contributed by atoms with Crippen LogP contribution in [0.5, 0.6) is 0 Å². The van der Waals surface area contributed by atoms with Crippen LogP contribution in [0, 0.1) is 5.82 Å². The van der Waals surface area contributed by atoms with Crippen molar-refractivity contribution in [3.8, 4) is 0 Å². The van der Waals surface area contributed by atoms with Gasteiger partial charge >= 0.3 is 5.97 Å². The summed E-state index contributed by atoms with van der Waals surface area (Å²) in [6.45, 7) is 0.0341. The van der Waals surface area contributed by atoms with Gasteiger partial charge in [-0.25, -0.2) is 4.39 Å². The number of anilines is 1. The molecule has 1 aromatic rings. The quantitative estimate of drug-likeness (QED) is 0.794. The summed E-state index contributed by atoms with van der Waals surface area (Å²) in [7, 11) is 1.24. The van der Waals surface area contributed by atoms with Crippen LogP contribution in [0.1, 0.15) is 6.42 Å². The van der Waals surface area contributed by atoms with Gasteiger partial charge in [-0.1, -0.05) is 11.6 Å². The van der Waals surface area contributed by atoms with Gasteiger partial charge in [0.1, 0.15) is 5.82 Å².